The Bertz CT molecular complexity index is 763. The predicted molar refractivity (Wildman–Crippen MR) is 78.7 cm³/mol. The van der Waals surface area contributed by atoms with Gasteiger partial charge in [0.2, 0.25) is 0 Å². The minimum atomic E-state index is -0.501. The molecule has 0 bridgehead atoms. The zero-order valence-electron chi connectivity index (χ0n) is 11.8. The number of rotatable bonds is 2. The Morgan fingerprint density at radius 2 is 1.62 bits per heavy atom. The Morgan fingerprint density at radius 3 is 2.10 bits per heavy atom. The minimum absolute atomic E-state index is 0.0937. The van der Waals surface area contributed by atoms with Crippen LogP contribution in [0, 0.1) is 22.7 Å². The second kappa shape index (κ2) is 5.56. The quantitative estimate of drug-likeness (QED) is 0.821. The van der Waals surface area contributed by atoms with Crippen molar-refractivity contribution in [1.82, 2.24) is 0 Å². The van der Waals surface area contributed by atoms with Gasteiger partial charge in [-0.05, 0) is 17.0 Å². The van der Waals surface area contributed by atoms with E-state index < -0.39 is 11.5 Å². The highest BCUT2D eigenvalue weighted by atomic mass is 16.3. The van der Waals surface area contributed by atoms with E-state index in [1.807, 2.05) is 36.4 Å². The molecule has 0 aliphatic heterocycles. The van der Waals surface area contributed by atoms with Gasteiger partial charge in [0.05, 0.1) is 11.6 Å². The summed E-state index contributed by atoms with van der Waals surface area (Å²) in [5.74, 6) is -0.594. The van der Waals surface area contributed by atoms with Crippen LogP contribution in [-0.4, -0.2) is 10.2 Å². The van der Waals surface area contributed by atoms with Gasteiger partial charge in [0.1, 0.15) is 11.6 Å². The molecule has 4 nitrogen and oxygen atoms in total. The molecule has 0 atom stereocenters. The molecule has 0 spiro atoms. The van der Waals surface area contributed by atoms with Gasteiger partial charge < -0.3 is 10.2 Å². The highest BCUT2D eigenvalue weighted by molar-refractivity contribution is 5.81. The van der Waals surface area contributed by atoms with Crippen LogP contribution in [0.3, 0.4) is 0 Å². The molecular formula is C17H14N2O2. The molecule has 104 valence electrons. The van der Waals surface area contributed by atoms with E-state index >= 15 is 0 Å². The van der Waals surface area contributed by atoms with E-state index in [9.17, 15) is 20.7 Å². The van der Waals surface area contributed by atoms with Gasteiger partial charge in [0, 0.05) is 11.6 Å². The van der Waals surface area contributed by atoms with Gasteiger partial charge in [0.25, 0.3) is 0 Å². The Morgan fingerprint density at radius 1 is 1.00 bits per heavy atom. The molecule has 0 aliphatic rings. The van der Waals surface area contributed by atoms with E-state index in [0.717, 1.165) is 5.56 Å². The van der Waals surface area contributed by atoms with Gasteiger partial charge in [-0.2, -0.15) is 10.5 Å². The largest absolute Gasteiger partial charge is 0.504 e. The minimum Gasteiger partial charge on any atom is -0.504 e. The lowest BCUT2D eigenvalue weighted by molar-refractivity contribution is 0.402. The zero-order valence-corrected chi connectivity index (χ0v) is 11.8. The van der Waals surface area contributed by atoms with E-state index in [4.69, 9.17) is 0 Å². The molecule has 0 saturated carbocycles. The van der Waals surface area contributed by atoms with E-state index in [-0.39, 0.29) is 11.1 Å². The van der Waals surface area contributed by atoms with Crippen molar-refractivity contribution >= 4 is 0 Å². The summed E-state index contributed by atoms with van der Waals surface area (Å²) in [7, 11) is 0. The number of hydrogen-bond acceptors (Lipinski definition) is 4. The van der Waals surface area contributed by atoms with Crippen LogP contribution in [0.5, 0.6) is 11.5 Å². The number of benzene rings is 2. The van der Waals surface area contributed by atoms with Crippen molar-refractivity contribution in [3.63, 3.8) is 0 Å². The summed E-state index contributed by atoms with van der Waals surface area (Å²) in [6.07, 6.45) is 0. The number of phenols is 2. The highest BCUT2D eigenvalue weighted by Crippen LogP contribution is 2.39. The first kappa shape index (κ1) is 14.4. The van der Waals surface area contributed by atoms with Gasteiger partial charge in [-0.25, -0.2) is 0 Å². The monoisotopic (exact) mass is 278 g/mol. The van der Waals surface area contributed by atoms with Gasteiger partial charge in [-0.15, -0.1) is 0 Å². The average Bonchev–Trinajstić information content (AvgIpc) is 2.49. The maximum absolute atomic E-state index is 9.82. The first-order valence-corrected chi connectivity index (χ1v) is 6.49. The maximum Gasteiger partial charge on any atom is 0.176 e. The van der Waals surface area contributed by atoms with Crippen LogP contribution < -0.4 is 0 Å². The summed E-state index contributed by atoms with van der Waals surface area (Å²) in [5, 5.41) is 37.8. The third-order valence-corrected chi connectivity index (χ3v) is 3.38. The first-order chi connectivity index (χ1) is 9.99. The molecule has 2 rings (SSSR count). The molecule has 0 aromatic heterocycles. The van der Waals surface area contributed by atoms with Crippen LogP contribution in [0.15, 0.2) is 30.3 Å². The third-order valence-electron chi connectivity index (χ3n) is 3.38. The summed E-state index contributed by atoms with van der Waals surface area (Å²) >= 11 is 0. The topological polar surface area (TPSA) is 88.0 Å². The van der Waals surface area contributed by atoms with Crippen LogP contribution in [0.1, 0.15) is 36.5 Å². The van der Waals surface area contributed by atoms with Crippen molar-refractivity contribution in [2.45, 2.75) is 19.8 Å². The fourth-order valence-electron chi connectivity index (χ4n) is 2.19. The predicted octanol–water partition coefficient (Wildman–Crippen LogP) is 3.63. The van der Waals surface area contributed by atoms with E-state index in [1.54, 1.807) is 0 Å². The van der Waals surface area contributed by atoms with Crippen LogP contribution >= 0.6 is 0 Å². The Balaban J connectivity index is 2.71. The van der Waals surface area contributed by atoms with Gasteiger partial charge >= 0.3 is 0 Å². The number of hydrogen-bond donors (Lipinski definition) is 2. The second-order valence-corrected chi connectivity index (χ2v) is 5.04. The van der Waals surface area contributed by atoms with Crippen molar-refractivity contribution in [3.05, 3.63) is 47.0 Å². The van der Waals surface area contributed by atoms with E-state index in [0.29, 0.717) is 17.0 Å². The normalized spacial score (nSPS) is 10.1. The van der Waals surface area contributed by atoms with Crippen molar-refractivity contribution in [2.24, 2.45) is 0 Å². The van der Waals surface area contributed by atoms with Crippen LogP contribution in [0.25, 0.3) is 11.1 Å². The summed E-state index contributed by atoms with van der Waals surface area (Å²) < 4.78 is 0. The average molecular weight is 278 g/mol. The highest BCUT2D eigenvalue weighted by Gasteiger charge is 2.18. The van der Waals surface area contributed by atoms with E-state index in [2.05, 4.69) is 13.8 Å². The molecule has 0 heterocycles. The molecule has 0 radical (unpaired) electrons. The fourth-order valence-corrected chi connectivity index (χ4v) is 2.19. The molecule has 2 aromatic carbocycles. The first-order valence-electron chi connectivity index (χ1n) is 6.49. The molecule has 0 unspecified atom stereocenters. The lowest BCUT2D eigenvalue weighted by Crippen LogP contribution is -1.93. The van der Waals surface area contributed by atoms with Gasteiger partial charge in [-0.1, -0.05) is 38.1 Å². The van der Waals surface area contributed by atoms with Crippen molar-refractivity contribution in [2.75, 3.05) is 0 Å². The van der Waals surface area contributed by atoms with Crippen LogP contribution in [0.4, 0.5) is 0 Å². The molecule has 0 fully saturated rings. The lowest BCUT2D eigenvalue weighted by atomic mass is 9.92. The summed E-state index contributed by atoms with van der Waals surface area (Å²) in [5.41, 5.74) is 2.19. The van der Waals surface area contributed by atoms with Crippen molar-refractivity contribution in [1.29, 1.82) is 10.5 Å². The van der Waals surface area contributed by atoms with Gasteiger partial charge in [0.15, 0.2) is 11.5 Å². The molecule has 2 aromatic rings. The summed E-state index contributed by atoms with van der Waals surface area (Å²) in [6.45, 7) is 4.14. The molecule has 0 saturated heterocycles. The second-order valence-electron chi connectivity index (χ2n) is 5.04. The number of aromatic hydroxyl groups is 2. The maximum atomic E-state index is 9.82. The zero-order chi connectivity index (χ0) is 15.6. The smallest absolute Gasteiger partial charge is 0.176 e. The number of nitriles is 2. The Labute approximate surface area is 123 Å². The van der Waals surface area contributed by atoms with Crippen LogP contribution in [0.2, 0.25) is 0 Å². The molecule has 0 amide bonds. The molecule has 21 heavy (non-hydrogen) atoms. The fraction of sp³-hybridized carbons (Fsp3) is 0.176. The Hall–Kier alpha value is -2.98. The summed E-state index contributed by atoms with van der Waals surface area (Å²) in [4.78, 5) is 0. The Kier molecular flexibility index (Phi) is 3.82. The molecular weight excluding hydrogens is 264 g/mol. The standard InChI is InChI=1S/C17H14N2O2/c1-10(2)11-3-5-12(6-4-11)16-13(8-18)7-15(20)17(21)14(16)9-19/h3-7,10,20-21H,1-2H3. The number of phenolic OH excluding ortho intramolecular Hbond substituents is 2. The lowest BCUT2D eigenvalue weighted by Gasteiger charge is -2.11. The third kappa shape index (κ3) is 2.52. The van der Waals surface area contributed by atoms with Gasteiger partial charge in [-0.3, -0.25) is 0 Å². The molecule has 2 N–H and O–H groups in total. The SMILES string of the molecule is CC(C)c1ccc(-c2c(C#N)cc(O)c(O)c2C#N)cc1. The van der Waals surface area contributed by atoms with Crippen molar-refractivity contribution < 1.29 is 10.2 Å². The molecule has 4 heteroatoms. The number of nitrogens with zero attached hydrogens (tertiary/aromatic N) is 2. The van der Waals surface area contributed by atoms with E-state index in [1.165, 1.54) is 6.07 Å². The van der Waals surface area contributed by atoms with Crippen molar-refractivity contribution in [3.8, 4) is 34.8 Å². The van der Waals surface area contributed by atoms with Crippen LogP contribution in [-0.2, 0) is 0 Å². The summed E-state index contributed by atoms with van der Waals surface area (Å²) in [6, 6.07) is 12.4. The molecule has 0 aliphatic carbocycles.